The number of ether oxygens (including phenoxy) is 2. The summed E-state index contributed by atoms with van der Waals surface area (Å²) in [6.45, 7) is -2.57. The molecule has 1 aromatic rings. The molecule has 4 heteroatoms. The lowest BCUT2D eigenvalue weighted by molar-refractivity contribution is -0.138. The number of benzene rings is 1. The highest BCUT2D eigenvalue weighted by Crippen LogP contribution is 2.62. The van der Waals surface area contributed by atoms with Crippen molar-refractivity contribution in [2.75, 3.05) is 20.6 Å². The molecule has 5 rings (SSSR count). The number of methoxy groups -OCH3 is 1. The van der Waals surface area contributed by atoms with Gasteiger partial charge in [0.1, 0.15) is 0 Å². The third kappa shape index (κ3) is 1.27. The number of likely N-dealkylation sites (tertiary alicyclic amines) is 1. The lowest BCUT2D eigenvalue weighted by Crippen LogP contribution is -2.65. The van der Waals surface area contributed by atoms with E-state index in [0.717, 1.165) is 4.90 Å². The van der Waals surface area contributed by atoms with Gasteiger partial charge in [0.25, 0.3) is 0 Å². The summed E-state index contributed by atoms with van der Waals surface area (Å²) >= 11 is 0. The van der Waals surface area contributed by atoms with Crippen LogP contribution in [0.1, 0.15) is 40.0 Å². The number of rotatable bonds is 1. The Labute approximate surface area is 140 Å². The molecule has 2 aliphatic heterocycles. The molecule has 116 valence electrons. The third-order valence-corrected chi connectivity index (χ3v) is 5.60. The Balaban J connectivity index is 1.90. The smallest absolute Gasteiger partial charge is 0.174 e. The van der Waals surface area contributed by atoms with Gasteiger partial charge in [-0.3, -0.25) is 4.79 Å². The summed E-state index contributed by atoms with van der Waals surface area (Å²) in [5.74, 6) is -1.53. The fourth-order valence-electron chi connectivity index (χ4n) is 4.73. The summed E-state index contributed by atoms with van der Waals surface area (Å²) in [7, 11) is 1.36. The number of carbonyl (C=O) groups is 1. The second-order valence-corrected chi connectivity index (χ2v) is 6.41. The molecule has 4 nitrogen and oxygen atoms in total. The van der Waals surface area contributed by atoms with E-state index in [9.17, 15) is 7.54 Å². The number of nitrogens with zero attached hydrogens (tertiary/aromatic N) is 1. The molecule has 1 unspecified atom stereocenters. The quantitative estimate of drug-likeness (QED) is 0.795. The number of hydrogen-bond donors (Lipinski definition) is 0. The molecule has 1 saturated heterocycles. The Morgan fingerprint density at radius 2 is 2.50 bits per heavy atom. The maximum absolute atomic E-state index is 12.9. The zero-order chi connectivity index (χ0) is 21.1. The average Bonchev–Trinajstić information content (AvgIpc) is 2.96. The number of ketones is 1. The molecule has 1 aromatic carbocycles. The Bertz CT molecular complexity index is 966. The van der Waals surface area contributed by atoms with Crippen LogP contribution in [0, 0.1) is 5.89 Å². The van der Waals surface area contributed by atoms with Crippen molar-refractivity contribution in [3.05, 3.63) is 23.2 Å². The Kier molecular flexibility index (Phi) is 1.44. The molecule has 22 heavy (non-hydrogen) atoms. The Morgan fingerprint density at radius 1 is 1.59 bits per heavy atom. The van der Waals surface area contributed by atoms with Gasteiger partial charge in [-0.1, -0.05) is 6.04 Å². The van der Waals surface area contributed by atoms with Gasteiger partial charge in [-0.05, 0) is 50.3 Å². The zero-order valence-corrected chi connectivity index (χ0v) is 12.3. The van der Waals surface area contributed by atoms with Gasteiger partial charge in [-0.2, -0.15) is 0 Å². The lowest BCUT2D eigenvalue weighted by Gasteiger charge is -2.57. The van der Waals surface area contributed by atoms with Crippen LogP contribution in [0.25, 0.3) is 0 Å². The van der Waals surface area contributed by atoms with Crippen LogP contribution in [0.2, 0.25) is 0 Å². The molecule has 2 fully saturated rings. The summed E-state index contributed by atoms with van der Waals surface area (Å²) in [4.78, 5) is 14.0. The molecule has 1 spiro atoms. The van der Waals surface area contributed by atoms with Gasteiger partial charge >= 0.3 is 0 Å². The number of hydrogen-bond acceptors (Lipinski definition) is 4. The van der Waals surface area contributed by atoms with Gasteiger partial charge in [-0.15, -0.1) is 0 Å². The second kappa shape index (κ2) is 4.05. The van der Waals surface area contributed by atoms with Crippen LogP contribution in [0.5, 0.6) is 11.5 Å². The standard InChI is InChI=1S/C18H21NO3/c1-19-8-7-18-11-4-5-13(20)17(18)22-16-14(21-2)6-3-10(15(16)18)9-12(11)19/h3,6,11-12,17H,4-5,7-9H2,1-2H3/t11-,12+,17?,18-/m0/s1/i1D3,3D,6D,11D,12D. The predicted molar refractivity (Wildman–Crippen MR) is 81.6 cm³/mol. The van der Waals surface area contributed by atoms with Crippen LogP contribution in [0.15, 0.2) is 12.1 Å². The largest absolute Gasteiger partial charge is 0.493 e. The molecule has 4 atom stereocenters. The highest BCUT2D eigenvalue weighted by molar-refractivity contribution is 5.89. The second-order valence-electron chi connectivity index (χ2n) is 6.41. The van der Waals surface area contributed by atoms with E-state index in [1.54, 1.807) is 0 Å². The summed E-state index contributed by atoms with van der Waals surface area (Å²) in [5.41, 5.74) is -0.378. The molecular formula is C18H21NO3. The summed E-state index contributed by atoms with van der Waals surface area (Å²) in [6.07, 6.45) is -0.970. The molecule has 2 heterocycles. The monoisotopic (exact) mass is 306 g/mol. The number of Topliss-reactive ketones (excluding diaryl/α,β-unsaturated/α-hetero) is 1. The van der Waals surface area contributed by atoms with Gasteiger partial charge in [0.2, 0.25) is 0 Å². The van der Waals surface area contributed by atoms with E-state index in [-0.39, 0.29) is 61.6 Å². The molecule has 4 aliphatic rings. The fraction of sp³-hybridized carbons (Fsp3) is 0.611. The van der Waals surface area contributed by atoms with Crippen LogP contribution in [0.4, 0.5) is 0 Å². The van der Waals surface area contributed by atoms with Crippen molar-refractivity contribution in [1.82, 2.24) is 4.90 Å². The summed E-state index contributed by atoms with van der Waals surface area (Å²) in [6, 6.07) is -2.25. The molecule has 0 N–H and O–H groups in total. The number of carbonyl (C=O) groups excluding carboxylic acids is 1. The van der Waals surface area contributed by atoms with Crippen LogP contribution < -0.4 is 9.47 Å². The van der Waals surface area contributed by atoms with Crippen molar-refractivity contribution in [1.29, 1.82) is 0 Å². The van der Waals surface area contributed by atoms with Crippen molar-refractivity contribution >= 4 is 5.78 Å². The highest BCUT2D eigenvalue weighted by atomic mass is 16.5. The average molecular weight is 306 g/mol. The summed E-state index contributed by atoms with van der Waals surface area (Å²) < 4.78 is 70.9. The molecular weight excluding hydrogens is 278 g/mol. The van der Waals surface area contributed by atoms with Crippen LogP contribution >= 0.6 is 0 Å². The lowest BCUT2D eigenvalue weighted by atomic mass is 9.52. The van der Waals surface area contributed by atoms with E-state index in [4.69, 9.17) is 16.3 Å². The van der Waals surface area contributed by atoms with Gasteiger partial charge in [-0.25, -0.2) is 0 Å². The molecule has 0 amide bonds. The van der Waals surface area contributed by atoms with Crippen molar-refractivity contribution in [2.24, 2.45) is 5.89 Å². The van der Waals surface area contributed by atoms with Crippen molar-refractivity contribution in [3.8, 4) is 11.5 Å². The normalized spacial score (nSPS) is 50.3. The van der Waals surface area contributed by atoms with Crippen LogP contribution in [-0.4, -0.2) is 43.4 Å². The minimum absolute atomic E-state index is 0.0188. The van der Waals surface area contributed by atoms with Crippen molar-refractivity contribution < 1.29 is 23.9 Å². The first-order valence-corrected chi connectivity index (χ1v) is 7.61. The van der Waals surface area contributed by atoms with E-state index in [1.807, 2.05) is 0 Å². The minimum atomic E-state index is -2.59. The van der Waals surface area contributed by atoms with Crippen LogP contribution in [0.3, 0.4) is 0 Å². The molecule has 2 bridgehead atoms. The van der Waals surface area contributed by atoms with Crippen molar-refractivity contribution in [3.63, 3.8) is 0 Å². The minimum Gasteiger partial charge on any atom is -0.493 e. The third-order valence-electron chi connectivity index (χ3n) is 5.60. The van der Waals surface area contributed by atoms with Gasteiger partial charge in [0.15, 0.2) is 23.4 Å². The van der Waals surface area contributed by atoms with E-state index in [0.29, 0.717) is 11.1 Å². The molecule has 0 radical (unpaired) electrons. The SMILES string of the molecule is [2H]c1c([2H])c(OC)c2c3c1C[C@@]1([2H])N(C([2H])([2H])[2H])CC[C@@]34C(O2)C(=O)CC[C@]41[2H]. The maximum Gasteiger partial charge on any atom is 0.174 e. The van der Waals surface area contributed by atoms with E-state index in [1.165, 1.54) is 7.11 Å². The van der Waals surface area contributed by atoms with E-state index < -0.39 is 30.4 Å². The van der Waals surface area contributed by atoms with Gasteiger partial charge in [0.05, 0.1) is 9.85 Å². The van der Waals surface area contributed by atoms with E-state index in [2.05, 4.69) is 0 Å². The predicted octanol–water partition coefficient (Wildman–Crippen LogP) is 1.93. The Hall–Kier alpha value is -1.55. The number of piperidine rings is 1. The Morgan fingerprint density at radius 3 is 3.32 bits per heavy atom. The molecule has 1 saturated carbocycles. The highest BCUT2D eigenvalue weighted by Gasteiger charge is 2.65. The topological polar surface area (TPSA) is 38.8 Å². The van der Waals surface area contributed by atoms with Crippen molar-refractivity contribution in [2.45, 2.75) is 43.2 Å². The van der Waals surface area contributed by atoms with Gasteiger partial charge < -0.3 is 14.4 Å². The van der Waals surface area contributed by atoms with Crippen LogP contribution in [-0.2, 0) is 16.6 Å². The first-order chi connectivity index (χ1) is 13.4. The summed E-state index contributed by atoms with van der Waals surface area (Å²) in [5, 5.41) is 0. The van der Waals surface area contributed by atoms with Gasteiger partial charge in [0, 0.05) is 30.3 Å². The molecule has 2 aliphatic carbocycles. The first kappa shape index (κ1) is 7.82. The van der Waals surface area contributed by atoms with E-state index >= 15 is 0 Å². The molecule has 0 aromatic heterocycles. The first-order valence-electron chi connectivity index (χ1n) is 11.1. The number of likely N-dealkylation sites (N-methyl/N-ethyl adjacent to an activating group) is 1. The zero-order valence-electron chi connectivity index (χ0n) is 19.3. The maximum atomic E-state index is 12.9. The fourth-order valence-corrected chi connectivity index (χ4v) is 4.73.